The van der Waals surface area contributed by atoms with Crippen LogP contribution in [0.15, 0.2) is 24.5 Å². The van der Waals surface area contributed by atoms with Crippen LogP contribution in [0.5, 0.6) is 0 Å². The first kappa shape index (κ1) is 15.9. The van der Waals surface area contributed by atoms with Gasteiger partial charge in [-0.25, -0.2) is 8.42 Å². The summed E-state index contributed by atoms with van der Waals surface area (Å²) in [7, 11) is -1.26. The molecule has 1 saturated heterocycles. The van der Waals surface area contributed by atoms with E-state index in [-0.39, 0.29) is 23.5 Å². The molecule has 7 heteroatoms. The van der Waals surface area contributed by atoms with Crippen LogP contribution >= 0.6 is 0 Å². The topological polar surface area (TPSA) is 79.4 Å². The van der Waals surface area contributed by atoms with Crippen molar-refractivity contribution in [2.75, 3.05) is 25.1 Å². The first-order valence-electron chi connectivity index (χ1n) is 7.03. The van der Waals surface area contributed by atoms with Crippen molar-refractivity contribution in [3.8, 4) is 0 Å². The van der Waals surface area contributed by atoms with E-state index in [1.165, 1.54) is 0 Å². The average Bonchev–Trinajstić information content (AvgIpc) is 2.84. The van der Waals surface area contributed by atoms with Gasteiger partial charge in [0.2, 0.25) is 5.91 Å². The van der Waals surface area contributed by atoms with E-state index in [0.717, 1.165) is 5.56 Å². The van der Waals surface area contributed by atoms with Gasteiger partial charge in [0, 0.05) is 45.0 Å². The highest BCUT2D eigenvalue weighted by molar-refractivity contribution is 7.91. The second-order valence-electron chi connectivity index (χ2n) is 5.34. The third-order valence-electron chi connectivity index (χ3n) is 3.74. The van der Waals surface area contributed by atoms with Crippen LogP contribution in [-0.4, -0.2) is 55.3 Å². The molecule has 1 aromatic heterocycles. The Hall–Kier alpha value is -1.47. The fourth-order valence-electron chi connectivity index (χ4n) is 2.39. The zero-order valence-corrected chi connectivity index (χ0v) is 13.0. The van der Waals surface area contributed by atoms with Crippen molar-refractivity contribution in [3.63, 3.8) is 0 Å². The van der Waals surface area contributed by atoms with Gasteiger partial charge in [-0.3, -0.25) is 9.78 Å². The molecule has 2 heterocycles. The maximum absolute atomic E-state index is 12.0. The lowest BCUT2D eigenvalue weighted by molar-refractivity contribution is -0.131. The van der Waals surface area contributed by atoms with Crippen LogP contribution in [0.4, 0.5) is 0 Å². The Kier molecular flexibility index (Phi) is 5.30. The monoisotopic (exact) mass is 311 g/mol. The number of hydrogen-bond donors (Lipinski definition) is 1. The van der Waals surface area contributed by atoms with Crippen LogP contribution in [-0.2, 0) is 21.2 Å². The molecule has 0 bridgehead atoms. The number of pyridine rings is 1. The standard InChI is InChI=1S/C14H21N3O3S/c1-17(13-5-9-21(19,20)11-13)14(18)4-8-16-10-12-2-6-15-7-3-12/h2-3,6-7,13,16H,4-5,8-11H2,1H3. The lowest BCUT2D eigenvalue weighted by Crippen LogP contribution is -2.39. The molecule has 0 aromatic carbocycles. The summed E-state index contributed by atoms with van der Waals surface area (Å²) in [6, 6.07) is 3.68. The van der Waals surface area contributed by atoms with Crippen LogP contribution < -0.4 is 5.32 Å². The van der Waals surface area contributed by atoms with Crippen molar-refractivity contribution in [2.45, 2.75) is 25.4 Å². The van der Waals surface area contributed by atoms with Gasteiger partial charge in [-0.05, 0) is 24.1 Å². The van der Waals surface area contributed by atoms with Crippen molar-refractivity contribution in [2.24, 2.45) is 0 Å². The summed E-state index contributed by atoms with van der Waals surface area (Å²) >= 11 is 0. The molecule has 0 aliphatic carbocycles. The molecule has 1 aliphatic rings. The number of nitrogens with zero attached hydrogens (tertiary/aromatic N) is 2. The Bertz CT molecular complexity index is 574. The van der Waals surface area contributed by atoms with Crippen LogP contribution in [0.3, 0.4) is 0 Å². The average molecular weight is 311 g/mol. The summed E-state index contributed by atoms with van der Waals surface area (Å²) in [4.78, 5) is 17.6. The molecule has 2 rings (SSSR count). The fourth-order valence-corrected chi connectivity index (χ4v) is 4.16. The molecule has 1 aromatic rings. The molecule has 116 valence electrons. The zero-order valence-electron chi connectivity index (χ0n) is 12.2. The largest absolute Gasteiger partial charge is 0.342 e. The summed E-state index contributed by atoms with van der Waals surface area (Å²) in [6.07, 6.45) is 4.39. The maximum Gasteiger partial charge on any atom is 0.223 e. The number of carbonyl (C=O) groups is 1. The molecule has 1 atom stereocenters. The number of nitrogens with one attached hydrogen (secondary N) is 1. The van der Waals surface area contributed by atoms with E-state index in [1.807, 2.05) is 12.1 Å². The molecule has 1 N–H and O–H groups in total. The van der Waals surface area contributed by atoms with Gasteiger partial charge in [0.25, 0.3) is 0 Å². The van der Waals surface area contributed by atoms with Gasteiger partial charge < -0.3 is 10.2 Å². The third kappa shape index (κ3) is 4.78. The minimum absolute atomic E-state index is 0.0145. The van der Waals surface area contributed by atoms with E-state index >= 15 is 0 Å². The molecule has 1 fully saturated rings. The van der Waals surface area contributed by atoms with Crippen LogP contribution in [0.2, 0.25) is 0 Å². The van der Waals surface area contributed by atoms with Crippen molar-refractivity contribution < 1.29 is 13.2 Å². The predicted molar refractivity (Wildman–Crippen MR) is 80.4 cm³/mol. The van der Waals surface area contributed by atoms with Crippen molar-refractivity contribution in [1.29, 1.82) is 0 Å². The summed E-state index contributed by atoms with van der Waals surface area (Å²) in [5.74, 6) is 0.272. The van der Waals surface area contributed by atoms with E-state index in [1.54, 1.807) is 24.3 Å². The molecule has 0 spiro atoms. The SMILES string of the molecule is CN(C(=O)CCNCc1ccncc1)C1CCS(=O)(=O)C1. The number of sulfone groups is 1. The number of carbonyl (C=O) groups excluding carboxylic acids is 1. The van der Waals surface area contributed by atoms with E-state index in [0.29, 0.717) is 25.9 Å². The number of rotatable bonds is 6. The van der Waals surface area contributed by atoms with Crippen molar-refractivity contribution in [3.05, 3.63) is 30.1 Å². The smallest absolute Gasteiger partial charge is 0.223 e. The van der Waals surface area contributed by atoms with Crippen LogP contribution in [0.1, 0.15) is 18.4 Å². The molecule has 0 saturated carbocycles. The normalized spacial score (nSPS) is 20.3. The van der Waals surface area contributed by atoms with Gasteiger partial charge in [0.15, 0.2) is 9.84 Å². The summed E-state index contributed by atoms with van der Waals surface area (Å²) in [6.45, 7) is 1.27. The lowest BCUT2D eigenvalue weighted by atomic mass is 10.2. The Morgan fingerprint density at radius 1 is 1.43 bits per heavy atom. The Morgan fingerprint density at radius 3 is 2.76 bits per heavy atom. The van der Waals surface area contributed by atoms with Gasteiger partial charge in [-0.2, -0.15) is 0 Å². The number of amides is 1. The minimum atomic E-state index is -2.95. The highest BCUT2D eigenvalue weighted by Gasteiger charge is 2.32. The molecule has 0 radical (unpaired) electrons. The van der Waals surface area contributed by atoms with Gasteiger partial charge in [-0.15, -0.1) is 0 Å². The highest BCUT2D eigenvalue weighted by atomic mass is 32.2. The van der Waals surface area contributed by atoms with Crippen molar-refractivity contribution in [1.82, 2.24) is 15.2 Å². The van der Waals surface area contributed by atoms with Crippen LogP contribution in [0, 0.1) is 0 Å². The second-order valence-corrected chi connectivity index (χ2v) is 7.57. The molecule has 1 amide bonds. The van der Waals surface area contributed by atoms with E-state index in [4.69, 9.17) is 0 Å². The molecular weight excluding hydrogens is 290 g/mol. The summed E-state index contributed by atoms with van der Waals surface area (Å²) < 4.78 is 22.9. The fraction of sp³-hybridized carbons (Fsp3) is 0.571. The lowest BCUT2D eigenvalue weighted by Gasteiger charge is -2.23. The van der Waals surface area contributed by atoms with E-state index in [2.05, 4.69) is 10.3 Å². The number of hydrogen-bond acceptors (Lipinski definition) is 5. The minimum Gasteiger partial charge on any atom is -0.342 e. The molecule has 1 unspecified atom stereocenters. The van der Waals surface area contributed by atoms with Gasteiger partial charge in [0.05, 0.1) is 11.5 Å². The third-order valence-corrected chi connectivity index (χ3v) is 5.49. The molecule has 1 aliphatic heterocycles. The maximum atomic E-state index is 12.0. The quantitative estimate of drug-likeness (QED) is 0.760. The molecule has 6 nitrogen and oxygen atoms in total. The van der Waals surface area contributed by atoms with Crippen molar-refractivity contribution >= 4 is 15.7 Å². The zero-order chi connectivity index (χ0) is 15.3. The first-order chi connectivity index (χ1) is 9.98. The van der Waals surface area contributed by atoms with Crippen LogP contribution in [0.25, 0.3) is 0 Å². The molecule has 21 heavy (non-hydrogen) atoms. The number of aromatic nitrogens is 1. The van der Waals surface area contributed by atoms with E-state index < -0.39 is 9.84 Å². The summed E-state index contributed by atoms with van der Waals surface area (Å²) in [5.41, 5.74) is 1.12. The first-order valence-corrected chi connectivity index (χ1v) is 8.86. The summed E-state index contributed by atoms with van der Waals surface area (Å²) in [5, 5.41) is 3.20. The second kappa shape index (κ2) is 7.00. The Morgan fingerprint density at radius 2 is 2.14 bits per heavy atom. The van der Waals surface area contributed by atoms with Gasteiger partial charge in [0.1, 0.15) is 0 Å². The van der Waals surface area contributed by atoms with Gasteiger partial charge >= 0.3 is 0 Å². The highest BCUT2D eigenvalue weighted by Crippen LogP contribution is 2.16. The van der Waals surface area contributed by atoms with Gasteiger partial charge in [-0.1, -0.05) is 0 Å². The van der Waals surface area contributed by atoms with E-state index in [9.17, 15) is 13.2 Å². The molecular formula is C14H21N3O3S. The Labute approximate surface area is 125 Å². The predicted octanol–water partition coefficient (Wildman–Crippen LogP) is 0.207. The Balaban J connectivity index is 1.70.